The molecule has 0 N–H and O–H groups in total. The average molecular weight is 368 g/mol. The Morgan fingerprint density at radius 1 is 0.600 bits per heavy atom. The van der Waals surface area contributed by atoms with Crippen molar-refractivity contribution in [2.24, 2.45) is 0 Å². The topological polar surface area (TPSA) is 39.1 Å². The number of rotatable bonds is 1. The second-order valence-electron chi connectivity index (χ2n) is 5.64. The molecule has 1 heterocycles. The number of fused-ring (bicyclic) bond motifs is 3. The summed E-state index contributed by atoms with van der Waals surface area (Å²) in [6.45, 7) is 0. The molecule has 0 radical (unpaired) electrons. The Hall–Kier alpha value is -2.62. The first kappa shape index (κ1) is 15.9. The Kier molecular flexibility index (Phi) is 3.83. The molecule has 0 saturated carbocycles. The van der Waals surface area contributed by atoms with E-state index >= 15 is 0 Å². The number of nitrogens with zero attached hydrogens (tertiary/aromatic N) is 1. The molecular formula is C20H11Cl2NO2. The standard InChI is InChI=1S/C20H11Cl2NO2/c21-17-10-9-12(11-18(17)22)23-19(24)15-7-3-1-5-13(15)14-6-2-4-8-16(14)20(23)25/h1-11H. The van der Waals surface area contributed by atoms with Crippen LogP contribution < -0.4 is 11.1 Å². The Balaban J connectivity index is 2.31. The molecule has 0 aliphatic rings. The molecule has 0 unspecified atom stereocenters. The maximum absolute atomic E-state index is 13.1. The highest BCUT2D eigenvalue weighted by molar-refractivity contribution is 6.42. The zero-order valence-electron chi connectivity index (χ0n) is 12.9. The van der Waals surface area contributed by atoms with Gasteiger partial charge in [0.2, 0.25) is 0 Å². The molecule has 0 bridgehead atoms. The van der Waals surface area contributed by atoms with Crippen LogP contribution in [0.2, 0.25) is 10.0 Å². The van der Waals surface area contributed by atoms with Gasteiger partial charge < -0.3 is 0 Å². The first-order valence-corrected chi connectivity index (χ1v) is 8.36. The van der Waals surface area contributed by atoms with Crippen molar-refractivity contribution in [1.82, 2.24) is 4.57 Å². The number of hydrogen-bond donors (Lipinski definition) is 0. The first-order chi connectivity index (χ1) is 12.1. The smallest absolute Gasteiger partial charge is 0.265 e. The van der Waals surface area contributed by atoms with Gasteiger partial charge in [0.25, 0.3) is 11.1 Å². The molecule has 0 spiro atoms. The second kappa shape index (κ2) is 6.03. The van der Waals surface area contributed by atoms with Crippen molar-refractivity contribution in [3.05, 3.63) is 97.5 Å². The molecule has 0 atom stereocenters. The molecule has 0 aliphatic carbocycles. The molecule has 122 valence electrons. The van der Waals surface area contributed by atoms with E-state index < -0.39 is 11.1 Å². The summed E-state index contributed by atoms with van der Waals surface area (Å²) in [5.41, 5.74) is -0.402. The number of benzene rings is 3. The summed E-state index contributed by atoms with van der Waals surface area (Å²) in [5, 5.41) is 3.04. The summed E-state index contributed by atoms with van der Waals surface area (Å²) < 4.78 is 1.15. The third-order valence-corrected chi connectivity index (χ3v) is 4.91. The van der Waals surface area contributed by atoms with Gasteiger partial charge in [-0.25, -0.2) is 4.57 Å². The van der Waals surface area contributed by atoms with Crippen molar-refractivity contribution >= 4 is 44.7 Å². The van der Waals surface area contributed by atoms with Crippen molar-refractivity contribution in [2.75, 3.05) is 0 Å². The van der Waals surface area contributed by atoms with Crippen molar-refractivity contribution in [3.63, 3.8) is 0 Å². The molecule has 4 aromatic rings. The Morgan fingerprint density at radius 2 is 1.08 bits per heavy atom. The summed E-state index contributed by atoms with van der Waals surface area (Å²) in [6, 6.07) is 19.1. The van der Waals surface area contributed by atoms with Crippen LogP contribution in [0.4, 0.5) is 0 Å². The maximum Gasteiger partial charge on any atom is 0.265 e. The second-order valence-corrected chi connectivity index (χ2v) is 6.45. The van der Waals surface area contributed by atoms with E-state index in [1.165, 1.54) is 6.07 Å². The lowest BCUT2D eigenvalue weighted by Crippen LogP contribution is -2.28. The molecule has 1 aromatic heterocycles. The van der Waals surface area contributed by atoms with E-state index in [2.05, 4.69) is 0 Å². The Bertz CT molecular complexity index is 1190. The molecule has 0 amide bonds. The monoisotopic (exact) mass is 367 g/mol. The fourth-order valence-corrected chi connectivity index (χ4v) is 3.29. The van der Waals surface area contributed by atoms with Crippen LogP contribution in [-0.2, 0) is 0 Å². The number of hydrogen-bond acceptors (Lipinski definition) is 2. The fourth-order valence-electron chi connectivity index (χ4n) is 3.00. The zero-order valence-corrected chi connectivity index (χ0v) is 14.4. The van der Waals surface area contributed by atoms with E-state index in [-0.39, 0.29) is 5.02 Å². The lowest BCUT2D eigenvalue weighted by Gasteiger charge is -2.04. The van der Waals surface area contributed by atoms with Crippen LogP contribution in [0.1, 0.15) is 0 Å². The van der Waals surface area contributed by atoms with Gasteiger partial charge in [0.15, 0.2) is 0 Å². The maximum atomic E-state index is 13.1. The van der Waals surface area contributed by atoms with Crippen molar-refractivity contribution in [3.8, 4) is 5.69 Å². The van der Waals surface area contributed by atoms with E-state index in [0.29, 0.717) is 21.5 Å². The molecule has 3 nitrogen and oxygen atoms in total. The summed E-state index contributed by atoms with van der Waals surface area (Å²) in [5.74, 6) is 0. The van der Waals surface area contributed by atoms with Gasteiger partial charge in [0.1, 0.15) is 0 Å². The Morgan fingerprint density at radius 3 is 1.56 bits per heavy atom. The molecule has 0 saturated heterocycles. The molecule has 0 aliphatic heterocycles. The van der Waals surface area contributed by atoms with Gasteiger partial charge in [-0.15, -0.1) is 0 Å². The highest BCUT2D eigenvalue weighted by atomic mass is 35.5. The summed E-state index contributed by atoms with van der Waals surface area (Å²) in [6.07, 6.45) is 0. The van der Waals surface area contributed by atoms with E-state index in [1.54, 1.807) is 36.4 Å². The number of halogens is 2. The van der Waals surface area contributed by atoms with Crippen LogP contribution in [0.15, 0.2) is 76.3 Å². The molecule has 0 fully saturated rings. The normalized spacial score (nSPS) is 11.1. The van der Waals surface area contributed by atoms with Gasteiger partial charge in [0.05, 0.1) is 15.7 Å². The van der Waals surface area contributed by atoms with Crippen LogP contribution in [0.25, 0.3) is 27.2 Å². The van der Waals surface area contributed by atoms with Gasteiger partial charge in [-0.3, -0.25) is 9.59 Å². The molecule has 25 heavy (non-hydrogen) atoms. The van der Waals surface area contributed by atoms with Crippen molar-refractivity contribution in [1.29, 1.82) is 0 Å². The van der Waals surface area contributed by atoms with Gasteiger partial charge >= 0.3 is 0 Å². The van der Waals surface area contributed by atoms with Crippen LogP contribution >= 0.6 is 23.2 Å². The predicted octanol–water partition coefficient (Wildman–Crippen LogP) is 4.81. The quantitative estimate of drug-likeness (QED) is 0.484. The molecular weight excluding hydrogens is 357 g/mol. The van der Waals surface area contributed by atoms with Crippen molar-refractivity contribution < 1.29 is 0 Å². The third-order valence-electron chi connectivity index (χ3n) is 4.17. The number of aromatic nitrogens is 1. The van der Waals surface area contributed by atoms with Crippen molar-refractivity contribution in [2.45, 2.75) is 0 Å². The lowest BCUT2D eigenvalue weighted by atomic mass is 10.1. The minimum absolute atomic E-state index is 0.283. The third kappa shape index (κ3) is 2.53. The summed E-state index contributed by atoms with van der Waals surface area (Å²) >= 11 is 12.1. The van der Waals surface area contributed by atoms with E-state index in [1.807, 2.05) is 24.3 Å². The molecule has 5 heteroatoms. The van der Waals surface area contributed by atoms with E-state index in [9.17, 15) is 9.59 Å². The minimum atomic E-state index is -0.393. The van der Waals surface area contributed by atoms with E-state index in [4.69, 9.17) is 23.2 Å². The average Bonchev–Trinajstić information content (AvgIpc) is 2.73. The highest BCUT2D eigenvalue weighted by Gasteiger charge is 2.12. The summed E-state index contributed by atoms with van der Waals surface area (Å²) in [4.78, 5) is 26.3. The summed E-state index contributed by atoms with van der Waals surface area (Å²) in [7, 11) is 0. The van der Waals surface area contributed by atoms with Gasteiger partial charge in [-0.05, 0) is 41.1 Å². The van der Waals surface area contributed by atoms with Gasteiger partial charge in [-0.1, -0.05) is 59.6 Å². The highest BCUT2D eigenvalue weighted by Crippen LogP contribution is 2.24. The first-order valence-electron chi connectivity index (χ1n) is 7.60. The van der Waals surface area contributed by atoms with Crippen LogP contribution in [0.3, 0.4) is 0 Å². The van der Waals surface area contributed by atoms with Gasteiger partial charge in [-0.2, -0.15) is 0 Å². The van der Waals surface area contributed by atoms with Crippen LogP contribution in [0.5, 0.6) is 0 Å². The van der Waals surface area contributed by atoms with Crippen LogP contribution in [0, 0.1) is 0 Å². The fraction of sp³-hybridized carbons (Fsp3) is 0. The minimum Gasteiger partial charge on any atom is -0.268 e. The predicted molar refractivity (Wildman–Crippen MR) is 103 cm³/mol. The Labute approximate surface area is 152 Å². The van der Waals surface area contributed by atoms with E-state index in [0.717, 1.165) is 15.3 Å². The molecule has 3 aromatic carbocycles. The lowest BCUT2D eigenvalue weighted by molar-refractivity contribution is 0.976. The molecule has 4 rings (SSSR count). The zero-order chi connectivity index (χ0) is 17.6. The SMILES string of the molecule is O=c1c2ccccc2c2ccccc2c(=O)n1-c1ccc(Cl)c(Cl)c1. The van der Waals surface area contributed by atoms with Gasteiger partial charge in [0, 0.05) is 10.8 Å². The van der Waals surface area contributed by atoms with Crippen LogP contribution in [-0.4, -0.2) is 4.57 Å². The largest absolute Gasteiger partial charge is 0.268 e.